The monoisotopic (exact) mass is 447 g/mol. The van der Waals surface area contributed by atoms with E-state index >= 15 is 0 Å². The molecule has 170 valence electrons. The van der Waals surface area contributed by atoms with E-state index in [0.717, 1.165) is 43.6 Å². The van der Waals surface area contributed by atoms with Crippen molar-refractivity contribution in [2.75, 3.05) is 6.61 Å². The van der Waals surface area contributed by atoms with Crippen molar-refractivity contribution < 1.29 is 14.0 Å². The second kappa shape index (κ2) is 8.91. The zero-order valence-corrected chi connectivity index (χ0v) is 18.6. The Bertz CT molecular complexity index is 1230. The molecule has 0 radical (unpaired) electrons. The maximum absolute atomic E-state index is 14.5. The minimum Gasteiger partial charge on any atom is -0.272 e. The van der Waals surface area contributed by atoms with Crippen LogP contribution in [0.4, 0.5) is 4.39 Å². The molecule has 1 aliphatic heterocycles. The lowest BCUT2D eigenvalue weighted by Crippen LogP contribution is -2.37. The summed E-state index contributed by atoms with van der Waals surface area (Å²) in [4.78, 5) is 23.3. The topological polar surface area (TPSA) is 83.5 Å². The second-order valence-corrected chi connectivity index (χ2v) is 9.07. The molecular weight excluding hydrogens is 421 g/mol. The average molecular weight is 448 g/mol. The van der Waals surface area contributed by atoms with E-state index in [2.05, 4.69) is 16.1 Å². The molecule has 1 aliphatic carbocycles. The molecule has 3 aromatic rings. The zero-order chi connectivity index (χ0) is 22.9. The molecule has 5 rings (SSSR count). The number of carbonyl (C=O) groups is 1. The van der Waals surface area contributed by atoms with Gasteiger partial charge in [-0.3, -0.25) is 9.63 Å². The Morgan fingerprint density at radius 2 is 2.03 bits per heavy atom. The number of aryl methyl sites for hydroxylation is 1. The van der Waals surface area contributed by atoms with Crippen LogP contribution in [0.3, 0.4) is 0 Å². The summed E-state index contributed by atoms with van der Waals surface area (Å²) in [5.41, 5.74) is 2.80. The molecule has 0 bridgehead atoms. The number of nitrogens with zero attached hydrogens (tertiary/aromatic N) is 5. The molecule has 2 fully saturated rings. The van der Waals surface area contributed by atoms with E-state index in [0.29, 0.717) is 30.1 Å². The van der Waals surface area contributed by atoms with Gasteiger partial charge in [-0.05, 0) is 74.8 Å². The maximum Gasteiger partial charge on any atom is 0.249 e. The van der Waals surface area contributed by atoms with Crippen LogP contribution in [-0.4, -0.2) is 32.2 Å². The Morgan fingerprint density at radius 1 is 1.21 bits per heavy atom. The van der Waals surface area contributed by atoms with E-state index < -0.39 is 11.9 Å². The third kappa shape index (κ3) is 4.33. The number of nitriles is 1. The van der Waals surface area contributed by atoms with Crippen molar-refractivity contribution in [1.82, 2.24) is 19.7 Å². The number of hydroxylamine groups is 2. The molecule has 1 atom stereocenters. The van der Waals surface area contributed by atoms with Crippen LogP contribution in [0, 0.1) is 35.9 Å². The van der Waals surface area contributed by atoms with Gasteiger partial charge in [0.1, 0.15) is 11.6 Å². The number of pyridine rings is 1. The first-order valence-corrected chi connectivity index (χ1v) is 11.5. The highest BCUT2D eigenvalue weighted by atomic mass is 19.1. The standard InChI is InChI=1S/C25H26FN5O2/c1-16-28-24-9-5-19(15-30(24)29-16)12-17-2-6-20(7-3-17)25(32)31-23(10-11-33-31)21-13-18(14-27)4-8-22(21)26/h4-5,8-9,13,15,17,20,23H,2-3,6-7,10-12H2,1H3/t17-,20-,23-/m0/s1. The number of aromatic nitrogens is 3. The fourth-order valence-electron chi connectivity index (χ4n) is 5.12. The summed E-state index contributed by atoms with van der Waals surface area (Å²) in [6, 6.07) is 9.92. The second-order valence-electron chi connectivity index (χ2n) is 9.07. The predicted octanol–water partition coefficient (Wildman–Crippen LogP) is 4.30. The summed E-state index contributed by atoms with van der Waals surface area (Å²) in [5.74, 6) is 0.663. The Balaban J connectivity index is 1.22. The molecule has 0 unspecified atom stereocenters. The third-order valence-electron chi connectivity index (χ3n) is 6.82. The first kappa shape index (κ1) is 21.5. The number of rotatable bonds is 4. The first-order valence-electron chi connectivity index (χ1n) is 11.5. The lowest BCUT2D eigenvalue weighted by atomic mass is 9.79. The average Bonchev–Trinajstić information content (AvgIpc) is 3.45. The summed E-state index contributed by atoms with van der Waals surface area (Å²) in [5, 5.41) is 14.9. The molecule has 33 heavy (non-hydrogen) atoms. The molecular formula is C25H26FN5O2. The van der Waals surface area contributed by atoms with E-state index in [1.54, 1.807) is 0 Å². The van der Waals surface area contributed by atoms with Crippen LogP contribution in [-0.2, 0) is 16.1 Å². The Labute approximate surface area is 191 Å². The van der Waals surface area contributed by atoms with Gasteiger partial charge >= 0.3 is 0 Å². The number of hydrogen-bond donors (Lipinski definition) is 0. The molecule has 1 amide bonds. The number of benzene rings is 1. The van der Waals surface area contributed by atoms with Gasteiger partial charge in [-0.1, -0.05) is 6.07 Å². The van der Waals surface area contributed by atoms with Crippen molar-refractivity contribution in [2.24, 2.45) is 11.8 Å². The lowest BCUT2D eigenvalue weighted by Gasteiger charge is -2.32. The molecule has 1 saturated heterocycles. The molecule has 1 saturated carbocycles. The fourth-order valence-corrected chi connectivity index (χ4v) is 5.12. The lowest BCUT2D eigenvalue weighted by molar-refractivity contribution is -0.183. The fraction of sp³-hybridized carbons (Fsp3) is 0.440. The molecule has 7 nitrogen and oxygen atoms in total. The van der Waals surface area contributed by atoms with E-state index in [1.165, 1.54) is 28.8 Å². The van der Waals surface area contributed by atoms with Crippen LogP contribution in [0.25, 0.3) is 5.65 Å². The van der Waals surface area contributed by atoms with E-state index in [4.69, 9.17) is 10.1 Å². The normalized spacial score (nSPS) is 23.1. The van der Waals surface area contributed by atoms with E-state index in [-0.39, 0.29) is 11.8 Å². The minimum absolute atomic E-state index is 0.0720. The first-order chi connectivity index (χ1) is 16.0. The molecule has 2 aromatic heterocycles. The number of fused-ring (bicyclic) bond motifs is 1. The van der Waals surface area contributed by atoms with Gasteiger partial charge in [0.05, 0.1) is 24.3 Å². The minimum atomic E-state index is -0.485. The van der Waals surface area contributed by atoms with Crippen molar-refractivity contribution >= 4 is 11.6 Å². The summed E-state index contributed by atoms with van der Waals surface area (Å²) in [7, 11) is 0. The largest absolute Gasteiger partial charge is 0.272 e. The van der Waals surface area contributed by atoms with Gasteiger partial charge in [-0.15, -0.1) is 0 Å². The molecule has 0 spiro atoms. The summed E-state index contributed by atoms with van der Waals surface area (Å²) < 4.78 is 16.3. The highest BCUT2D eigenvalue weighted by Gasteiger charge is 2.38. The Hall–Kier alpha value is -3.31. The SMILES string of the molecule is Cc1nc2ccc(C[C@H]3CC[C@H](C(=O)N4OCC[C@H]4c4cc(C#N)ccc4F)CC3)cn2n1. The van der Waals surface area contributed by atoms with Gasteiger partial charge in [0.2, 0.25) is 5.91 Å². The van der Waals surface area contributed by atoms with Crippen molar-refractivity contribution in [1.29, 1.82) is 5.26 Å². The van der Waals surface area contributed by atoms with Crippen LogP contribution >= 0.6 is 0 Å². The number of carbonyl (C=O) groups excluding carboxylic acids is 1. The third-order valence-corrected chi connectivity index (χ3v) is 6.82. The smallest absolute Gasteiger partial charge is 0.249 e. The van der Waals surface area contributed by atoms with Crippen molar-refractivity contribution in [2.45, 2.75) is 51.5 Å². The molecule has 8 heteroatoms. The van der Waals surface area contributed by atoms with Gasteiger partial charge < -0.3 is 0 Å². The Kier molecular flexibility index (Phi) is 5.81. The van der Waals surface area contributed by atoms with Crippen LogP contribution in [0.2, 0.25) is 0 Å². The predicted molar refractivity (Wildman–Crippen MR) is 118 cm³/mol. The highest BCUT2D eigenvalue weighted by Crippen LogP contribution is 2.38. The highest BCUT2D eigenvalue weighted by molar-refractivity contribution is 5.78. The van der Waals surface area contributed by atoms with Gasteiger partial charge in [-0.25, -0.2) is 19.0 Å². The van der Waals surface area contributed by atoms with Crippen molar-refractivity contribution in [3.8, 4) is 6.07 Å². The van der Waals surface area contributed by atoms with Crippen LogP contribution < -0.4 is 0 Å². The van der Waals surface area contributed by atoms with E-state index in [1.807, 2.05) is 29.8 Å². The van der Waals surface area contributed by atoms with Crippen molar-refractivity contribution in [3.63, 3.8) is 0 Å². The van der Waals surface area contributed by atoms with Crippen molar-refractivity contribution in [3.05, 3.63) is 64.9 Å². The van der Waals surface area contributed by atoms with Crippen LogP contribution in [0.1, 0.15) is 60.7 Å². The van der Waals surface area contributed by atoms with E-state index in [9.17, 15) is 9.18 Å². The van der Waals surface area contributed by atoms with Gasteiger partial charge in [0.15, 0.2) is 5.65 Å². The molecule has 0 N–H and O–H groups in total. The zero-order valence-electron chi connectivity index (χ0n) is 18.6. The number of halogens is 1. The number of amides is 1. The van der Waals surface area contributed by atoms with Gasteiger partial charge in [0, 0.05) is 24.1 Å². The maximum atomic E-state index is 14.5. The molecule has 3 heterocycles. The van der Waals surface area contributed by atoms with Gasteiger partial charge in [0.25, 0.3) is 0 Å². The summed E-state index contributed by atoms with van der Waals surface area (Å²) >= 11 is 0. The van der Waals surface area contributed by atoms with Gasteiger partial charge in [-0.2, -0.15) is 10.4 Å². The molecule has 1 aromatic carbocycles. The van der Waals surface area contributed by atoms with Crippen LogP contribution in [0.5, 0.6) is 0 Å². The van der Waals surface area contributed by atoms with Crippen LogP contribution in [0.15, 0.2) is 36.5 Å². The number of hydrogen-bond acceptors (Lipinski definition) is 5. The Morgan fingerprint density at radius 3 is 2.82 bits per heavy atom. The summed E-state index contributed by atoms with van der Waals surface area (Å²) in [6.45, 7) is 2.25. The molecule has 2 aliphatic rings. The summed E-state index contributed by atoms with van der Waals surface area (Å²) in [6.07, 6.45) is 7.02. The quantitative estimate of drug-likeness (QED) is 0.595.